The molecule has 0 aromatic carbocycles. The molecule has 1 unspecified atom stereocenters. The molecule has 0 bridgehead atoms. The molecule has 100 valence electrons. The van der Waals surface area contributed by atoms with E-state index in [-0.39, 0.29) is 17.9 Å². The predicted molar refractivity (Wildman–Crippen MR) is 57.3 cm³/mol. The molecule has 1 amide bonds. The van der Waals surface area contributed by atoms with Crippen LogP contribution in [-0.2, 0) is 11.0 Å². The zero-order valence-electron chi connectivity index (χ0n) is 9.03. The second-order valence-electron chi connectivity index (χ2n) is 3.45. The van der Waals surface area contributed by atoms with Gasteiger partial charge in [0.2, 0.25) is 5.91 Å². The number of nitrogen functional groups attached to an aromatic ring is 1. The molecule has 1 heterocycles. The van der Waals surface area contributed by atoms with Gasteiger partial charge in [-0.3, -0.25) is 4.79 Å². The van der Waals surface area contributed by atoms with Crippen molar-refractivity contribution in [2.45, 2.75) is 12.3 Å². The number of carbonyl (C=O) groups excluding carboxylic acids is 1. The SMILES string of the molecule is NC(=O)C(O)CNc1cc(C(F)(F)F)ncc1N. The number of rotatable bonds is 4. The molecule has 0 saturated carbocycles. The predicted octanol–water partition coefficient (Wildman–Crippen LogP) is -0.0593. The summed E-state index contributed by atoms with van der Waals surface area (Å²) in [5.74, 6) is -0.994. The summed E-state index contributed by atoms with van der Waals surface area (Å²) in [6.45, 7) is -0.346. The molecule has 0 saturated heterocycles. The number of nitrogens with two attached hydrogens (primary N) is 2. The lowest BCUT2D eigenvalue weighted by Crippen LogP contribution is -2.34. The van der Waals surface area contributed by atoms with Gasteiger partial charge in [-0.1, -0.05) is 0 Å². The van der Waals surface area contributed by atoms with E-state index in [0.717, 1.165) is 6.20 Å². The summed E-state index contributed by atoms with van der Waals surface area (Å²) in [7, 11) is 0. The van der Waals surface area contributed by atoms with Crippen molar-refractivity contribution in [1.29, 1.82) is 0 Å². The van der Waals surface area contributed by atoms with Crippen molar-refractivity contribution in [1.82, 2.24) is 4.98 Å². The first kappa shape index (κ1) is 14.0. The van der Waals surface area contributed by atoms with Gasteiger partial charge in [-0.05, 0) is 6.07 Å². The molecule has 6 N–H and O–H groups in total. The van der Waals surface area contributed by atoms with E-state index in [9.17, 15) is 18.0 Å². The highest BCUT2D eigenvalue weighted by molar-refractivity contribution is 5.79. The Bertz CT molecular complexity index is 450. The van der Waals surface area contributed by atoms with Gasteiger partial charge < -0.3 is 21.9 Å². The molecule has 9 heteroatoms. The van der Waals surface area contributed by atoms with E-state index < -0.39 is 23.9 Å². The van der Waals surface area contributed by atoms with E-state index in [4.69, 9.17) is 16.6 Å². The van der Waals surface area contributed by atoms with Crippen molar-refractivity contribution in [3.63, 3.8) is 0 Å². The molecule has 1 atom stereocenters. The second kappa shape index (κ2) is 5.08. The van der Waals surface area contributed by atoms with Gasteiger partial charge >= 0.3 is 6.18 Å². The smallest absolute Gasteiger partial charge is 0.396 e. The first-order valence-corrected chi connectivity index (χ1v) is 4.75. The topological polar surface area (TPSA) is 114 Å². The van der Waals surface area contributed by atoms with Crippen LogP contribution in [0, 0.1) is 0 Å². The third kappa shape index (κ3) is 3.48. The van der Waals surface area contributed by atoms with Gasteiger partial charge in [0.1, 0.15) is 11.8 Å². The molecule has 0 spiro atoms. The van der Waals surface area contributed by atoms with Crippen LogP contribution in [0.2, 0.25) is 0 Å². The Hall–Kier alpha value is -2.03. The van der Waals surface area contributed by atoms with Gasteiger partial charge in [-0.2, -0.15) is 13.2 Å². The largest absolute Gasteiger partial charge is 0.433 e. The maximum Gasteiger partial charge on any atom is 0.433 e. The van der Waals surface area contributed by atoms with Crippen LogP contribution in [-0.4, -0.2) is 28.6 Å². The lowest BCUT2D eigenvalue weighted by molar-refractivity contribution is -0.141. The van der Waals surface area contributed by atoms with Crippen molar-refractivity contribution < 1.29 is 23.1 Å². The molecule has 0 fully saturated rings. The molecule has 1 rings (SSSR count). The Kier molecular flexibility index (Phi) is 3.96. The minimum atomic E-state index is -4.60. The van der Waals surface area contributed by atoms with Crippen molar-refractivity contribution in [3.05, 3.63) is 18.0 Å². The maximum atomic E-state index is 12.4. The number of alkyl halides is 3. The summed E-state index contributed by atoms with van der Waals surface area (Å²) in [6, 6.07) is 0.684. The number of aliphatic hydroxyl groups excluding tert-OH is 1. The molecule has 18 heavy (non-hydrogen) atoms. The monoisotopic (exact) mass is 264 g/mol. The summed E-state index contributed by atoms with van der Waals surface area (Å²) >= 11 is 0. The fourth-order valence-electron chi connectivity index (χ4n) is 1.08. The number of halogens is 3. The van der Waals surface area contributed by atoms with E-state index in [2.05, 4.69) is 10.3 Å². The zero-order chi connectivity index (χ0) is 13.9. The van der Waals surface area contributed by atoms with Gasteiger partial charge in [-0.15, -0.1) is 0 Å². The zero-order valence-corrected chi connectivity index (χ0v) is 9.03. The number of amides is 1. The Labute approximate surface area is 99.8 Å². The number of aromatic nitrogens is 1. The summed E-state index contributed by atoms with van der Waals surface area (Å²) < 4.78 is 37.1. The third-order valence-electron chi connectivity index (χ3n) is 2.04. The minimum Gasteiger partial charge on any atom is -0.396 e. The first-order valence-electron chi connectivity index (χ1n) is 4.75. The fraction of sp³-hybridized carbons (Fsp3) is 0.333. The number of pyridine rings is 1. The van der Waals surface area contributed by atoms with Crippen molar-refractivity contribution in [2.24, 2.45) is 5.73 Å². The second-order valence-corrected chi connectivity index (χ2v) is 3.45. The standard InChI is InChI=1S/C9H11F3N4O2/c10-9(11,12)7-1-5(4(13)2-16-7)15-3-6(17)8(14)18/h1-2,6,17H,3,13H2,(H2,14,18)(H,15,16). The van der Waals surface area contributed by atoms with E-state index in [1.807, 2.05) is 0 Å². The van der Waals surface area contributed by atoms with Crippen LogP contribution in [0.25, 0.3) is 0 Å². The highest BCUT2D eigenvalue weighted by Crippen LogP contribution is 2.30. The summed E-state index contributed by atoms with van der Waals surface area (Å²) in [5.41, 5.74) is 8.93. The van der Waals surface area contributed by atoms with E-state index >= 15 is 0 Å². The number of anilines is 2. The van der Waals surface area contributed by atoms with Crippen LogP contribution in [0.1, 0.15) is 5.69 Å². The third-order valence-corrected chi connectivity index (χ3v) is 2.04. The Balaban J connectivity index is 2.85. The summed E-state index contributed by atoms with van der Waals surface area (Å²) in [6.07, 6.45) is -5.29. The number of hydrogen-bond acceptors (Lipinski definition) is 5. The van der Waals surface area contributed by atoms with Gasteiger partial charge in [0.15, 0.2) is 0 Å². The fourth-order valence-corrected chi connectivity index (χ4v) is 1.08. The van der Waals surface area contributed by atoms with Gasteiger partial charge in [-0.25, -0.2) is 4.98 Å². The molecule has 1 aromatic heterocycles. The van der Waals surface area contributed by atoms with Crippen LogP contribution in [0.5, 0.6) is 0 Å². The number of carbonyl (C=O) groups is 1. The van der Waals surface area contributed by atoms with Crippen molar-refractivity contribution in [2.75, 3.05) is 17.6 Å². The molecular formula is C9H11F3N4O2. The maximum absolute atomic E-state index is 12.4. The highest BCUT2D eigenvalue weighted by Gasteiger charge is 2.33. The van der Waals surface area contributed by atoms with E-state index in [1.165, 1.54) is 0 Å². The first-order chi connectivity index (χ1) is 8.21. The van der Waals surface area contributed by atoms with Crippen LogP contribution < -0.4 is 16.8 Å². The van der Waals surface area contributed by atoms with Crippen molar-refractivity contribution in [3.8, 4) is 0 Å². The van der Waals surface area contributed by atoms with Crippen LogP contribution >= 0.6 is 0 Å². The van der Waals surface area contributed by atoms with Crippen LogP contribution in [0.3, 0.4) is 0 Å². The van der Waals surface area contributed by atoms with E-state index in [1.54, 1.807) is 0 Å². The average Bonchev–Trinajstić information content (AvgIpc) is 2.25. The molecule has 1 aromatic rings. The number of aliphatic hydroxyl groups is 1. The summed E-state index contributed by atoms with van der Waals surface area (Å²) in [5, 5.41) is 11.5. The molecule has 0 aliphatic carbocycles. The molecule has 6 nitrogen and oxygen atoms in total. The van der Waals surface area contributed by atoms with Gasteiger partial charge in [0.25, 0.3) is 0 Å². The Morgan fingerprint density at radius 2 is 2.17 bits per heavy atom. The number of nitrogens with zero attached hydrogens (tertiary/aromatic N) is 1. The Morgan fingerprint density at radius 3 is 2.67 bits per heavy atom. The number of nitrogens with one attached hydrogen (secondary N) is 1. The quantitative estimate of drug-likeness (QED) is 0.608. The van der Waals surface area contributed by atoms with E-state index in [0.29, 0.717) is 6.07 Å². The average molecular weight is 264 g/mol. The number of hydrogen-bond donors (Lipinski definition) is 4. The van der Waals surface area contributed by atoms with Crippen LogP contribution in [0.15, 0.2) is 12.3 Å². The molecule has 0 radical (unpaired) electrons. The summed E-state index contributed by atoms with van der Waals surface area (Å²) in [4.78, 5) is 13.7. The van der Waals surface area contributed by atoms with Crippen LogP contribution in [0.4, 0.5) is 24.5 Å². The van der Waals surface area contributed by atoms with Crippen molar-refractivity contribution >= 4 is 17.3 Å². The number of primary amides is 1. The highest BCUT2D eigenvalue weighted by atomic mass is 19.4. The molecular weight excluding hydrogens is 253 g/mol. The lowest BCUT2D eigenvalue weighted by atomic mass is 10.2. The molecule has 0 aliphatic rings. The van der Waals surface area contributed by atoms with Gasteiger partial charge in [0.05, 0.1) is 17.6 Å². The minimum absolute atomic E-state index is 0.0420. The Morgan fingerprint density at radius 1 is 1.56 bits per heavy atom. The normalized spacial score (nSPS) is 13.1. The molecule has 0 aliphatic heterocycles. The lowest BCUT2D eigenvalue weighted by Gasteiger charge is -2.13. The van der Waals surface area contributed by atoms with Gasteiger partial charge in [0, 0.05) is 6.54 Å².